The van der Waals surface area contributed by atoms with Crippen LogP contribution in [0.4, 0.5) is 0 Å². The van der Waals surface area contributed by atoms with Gasteiger partial charge in [0.1, 0.15) is 12.4 Å². The smallest absolute Gasteiger partial charge is 0.195 e. The third-order valence-electron chi connectivity index (χ3n) is 2.93. The van der Waals surface area contributed by atoms with Gasteiger partial charge in [-0.15, -0.1) is 0 Å². The topological polar surface area (TPSA) is 42.8 Å². The zero-order valence-corrected chi connectivity index (χ0v) is 11.9. The minimum absolute atomic E-state index is 0.434. The first-order valence-corrected chi connectivity index (χ1v) is 7.04. The molecule has 19 heavy (non-hydrogen) atoms. The van der Waals surface area contributed by atoms with Gasteiger partial charge in [0.05, 0.1) is 0 Å². The van der Waals surface area contributed by atoms with Crippen LogP contribution in [0.25, 0.3) is 0 Å². The molecule has 0 aliphatic rings. The van der Waals surface area contributed by atoms with Crippen molar-refractivity contribution < 1.29 is 4.74 Å². The van der Waals surface area contributed by atoms with E-state index in [1.165, 1.54) is 12.8 Å². The maximum absolute atomic E-state index is 5.70. The predicted octanol–water partition coefficient (Wildman–Crippen LogP) is 3.71. The molecule has 102 valence electrons. The van der Waals surface area contributed by atoms with E-state index in [1.54, 1.807) is 0 Å². The highest BCUT2D eigenvalue weighted by molar-refractivity contribution is 7.71. The molecule has 2 aromatic rings. The maximum atomic E-state index is 5.70. The van der Waals surface area contributed by atoms with E-state index in [-0.39, 0.29) is 0 Å². The van der Waals surface area contributed by atoms with Crippen molar-refractivity contribution in [3.05, 3.63) is 40.9 Å². The van der Waals surface area contributed by atoms with Crippen LogP contribution in [0.1, 0.15) is 32.0 Å². The number of hydrogen-bond donors (Lipinski definition) is 1. The molecular formula is C14H19N3OS. The second-order valence-electron chi connectivity index (χ2n) is 4.41. The molecule has 0 saturated carbocycles. The van der Waals surface area contributed by atoms with E-state index < -0.39 is 0 Å². The zero-order chi connectivity index (χ0) is 13.5. The second-order valence-corrected chi connectivity index (χ2v) is 4.79. The number of H-pyrrole nitrogens is 1. The van der Waals surface area contributed by atoms with Gasteiger partial charge in [0.2, 0.25) is 0 Å². The molecule has 0 spiro atoms. The van der Waals surface area contributed by atoms with Gasteiger partial charge in [-0.3, -0.25) is 5.10 Å². The van der Waals surface area contributed by atoms with Crippen molar-refractivity contribution in [2.45, 2.75) is 39.3 Å². The number of aromatic nitrogens is 3. The molecule has 0 aliphatic carbocycles. The van der Waals surface area contributed by atoms with Crippen LogP contribution in [0.3, 0.4) is 0 Å². The van der Waals surface area contributed by atoms with Crippen molar-refractivity contribution in [2.24, 2.45) is 0 Å². The van der Waals surface area contributed by atoms with Gasteiger partial charge in [-0.1, -0.05) is 38.0 Å². The van der Waals surface area contributed by atoms with Crippen molar-refractivity contribution in [3.63, 3.8) is 0 Å². The largest absolute Gasteiger partial charge is 0.486 e. The Morgan fingerprint density at radius 1 is 1.26 bits per heavy atom. The Morgan fingerprint density at radius 2 is 2.05 bits per heavy atom. The quantitative estimate of drug-likeness (QED) is 0.619. The molecule has 0 saturated heterocycles. The molecule has 0 unspecified atom stereocenters. The SMILES string of the molecule is CCCCCn1c(COc2ccccc2)n[nH]c1=S. The summed E-state index contributed by atoms with van der Waals surface area (Å²) in [6, 6.07) is 9.74. The van der Waals surface area contributed by atoms with Crippen LogP contribution in [0.5, 0.6) is 5.75 Å². The van der Waals surface area contributed by atoms with E-state index in [2.05, 4.69) is 17.1 Å². The van der Waals surface area contributed by atoms with Crippen LogP contribution in [-0.2, 0) is 13.2 Å². The number of rotatable bonds is 7. The molecule has 5 heteroatoms. The Balaban J connectivity index is 1.98. The highest BCUT2D eigenvalue weighted by atomic mass is 32.1. The van der Waals surface area contributed by atoms with Crippen LogP contribution in [-0.4, -0.2) is 14.8 Å². The standard InChI is InChI=1S/C14H19N3OS/c1-2-3-7-10-17-13(15-16-14(17)19)11-18-12-8-5-4-6-9-12/h4-6,8-9H,2-3,7,10-11H2,1H3,(H,16,19). The van der Waals surface area contributed by atoms with E-state index in [9.17, 15) is 0 Å². The Morgan fingerprint density at radius 3 is 2.79 bits per heavy atom. The summed E-state index contributed by atoms with van der Waals surface area (Å²) in [7, 11) is 0. The normalized spacial score (nSPS) is 10.6. The summed E-state index contributed by atoms with van der Waals surface area (Å²) in [5.74, 6) is 1.70. The van der Waals surface area contributed by atoms with Gasteiger partial charge < -0.3 is 9.30 Å². The van der Waals surface area contributed by atoms with Crippen LogP contribution in [0, 0.1) is 4.77 Å². The lowest BCUT2D eigenvalue weighted by molar-refractivity contribution is 0.288. The molecule has 4 nitrogen and oxygen atoms in total. The van der Waals surface area contributed by atoms with E-state index in [4.69, 9.17) is 17.0 Å². The van der Waals surface area contributed by atoms with E-state index >= 15 is 0 Å². The molecule has 0 bridgehead atoms. The third kappa shape index (κ3) is 3.92. The fraction of sp³-hybridized carbons (Fsp3) is 0.429. The molecule has 2 rings (SSSR count). The molecule has 0 radical (unpaired) electrons. The molecule has 0 amide bonds. The minimum atomic E-state index is 0.434. The Labute approximate surface area is 118 Å². The molecule has 1 heterocycles. The minimum Gasteiger partial charge on any atom is -0.486 e. The van der Waals surface area contributed by atoms with Gasteiger partial charge in [-0.25, -0.2) is 0 Å². The number of unbranched alkanes of at least 4 members (excludes halogenated alkanes) is 2. The predicted molar refractivity (Wildman–Crippen MR) is 77.7 cm³/mol. The average Bonchev–Trinajstić information content (AvgIpc) is 2.79. The van der Waals surface area contributed by atoms with E-state index in [0.717, 1.165) is 24.5 Å². The molecule has 1 aromatic heterocycles. The van der Waals surface area contributed by atoms with E-state index in [0.29, 0.717) is 11.4 Å². The lowest BCUT2D eigenvalue weighted by Gasteiger charge is -2.08. The van der Waals surface area contributed by atoms with Crippen LogP contribution >= 0.6 is 12.2 Å². The fourth-order valence-corrected chi connectivity index (χ4v) is 2.12. The monoisotopic (exact) mass is 277 g/mol. The summed E-state index contributed by atoms with van der Waals surface area (Å²) in [5.41, 5.74) is 0. The summed E-state index contributed by atoms with van der Waals surface area (Å²) in [6.45, 7) is 3.52. The van der Waals surface area contributed by atoms with Crippen LogP contribution in [0.2, 0.25) is 0 Å². The summed E-state index contributed by atoms with van der Waals surface area (Å²) in [4.78, 5) is 0. The van der Waals surface area contributed by atoms with Crippen molar-refractivity contribution in [1.29, 1.82) is 0 Å². The van der Waals surface area contributed by atoms with Gasteiger partial charge in [-0.2, -0.15) is 5.10 Å². The summed E-state index contributed by atoms with van der Waals surface area (Å²) in [6.07, 6.45) is 3.51. The number of benzene rings is 1. The van der Waals surface area contributed by atoms with Crippen molar-refractivity contribution in [1.82, 2.24) is 14.8 Å². The van der Waals surface area contributed by atoms with Crippen molar-refractivity contribution in [2.75, 3.05) is 0 Å². The summed E-state index contributed by atoms with van der Waals surface area (Å²) in [5, 5.41) is 7.07. The Hall–Kier alpha value is -1.62. The number of nitrogens with one attached hydrogen (secondary N) is 1. The first-order valence-electron chi connectivity index (χ1n) is 6.63. The first kappa shape index (κ1) is 13.8. The van der Waals surface area contributed by atoms with Gasteiger partial charge in [0.15, 0.2) is 10.6 Å². The lowest BCUT2D eigenvalue weighted by atomic mass is 10.2. The Kier molecular flexibility index (Phi) is 5.15. The first-order chi connectivity index (χ1) is 9.31. The lowest BCUT2D eigenvalue weighted by Crippen LogP contribution is -2.07. The van der Waals surface area contributed by atoms with Gasteiger partial charge in [0.25, 0.3) is 0 Å². The average molecular weight is 277 g/mol. The molecule has 1 N–H and O–H groups in total. The molecule has 0 atom stereocenters. The van der Waals surface area contributed by atoms with Gasteiger partial charge in [0, 0.05) is 6.54 Å². The van der Waals surface area contributed by atoms with Gasteiger partial charge in [-0.05, 0) is 30.8 Å². The molecular weight excluding hydrogens is 258 g/mol. The zero-order valence-electron chi connectivity index (χ0n) is 11.1. The fourth-order valence-electron chi connectivity index (χ4n) is 1.88. The number of aromatic amines is 1. The number of nitrogens with zero attached hydrogens (tertiary/aromatic N) is 2. The summed E-state index contributed by atoms with van der Waals surface area (Å²) < 4.78 is 8.39. The molecule has 0 aliphatic heterocycles. The van der Waals surface area contributed by atoms with Crippen molar-refractivity contribution in [3.8, 4) is 5.75 Å². The maximum Gasteiger partial charge on any atom is 0.195 e. The van der Waals surface area contributed by atoms with Crippen LogP contribution < -0.4 is 4.74 Å². The van der Waals surface area contributed by atoms with Crippen LogP contribution in [0.15, 0.2) is 30.3 Å². The molecule has 1 aromatic carbocycles. The highest BCUT2D eigenvalue weighted by Crippen LogP contribution is 2.11. The highest BCUT2D eigenvalue weighted by Gasteiger charge is 2.06. The number of ether oxygens (including phenoxy) is 1. The number of para-hydroxylation sites is 1. The van der Waals surface area contributed by atoms with Gasteiger partial charge >= 0.3 is 0 Å². The van der Waals surface area contributed by atoms with E-state index in [1.807, 2.05) is 34.9 Å². The molecule has 0 fully saturated rings. The number of hydrogen-bond acceptors (Lipinski definition) is 3. The van der Waals surface area contributed by atoms with Crippen molar-refractivity contribution >= 4 is 12.2 Å². The second kappa shape index (κ2) is 7.09. The summed E-state index contributed by atoms with van der Waals surface area (Å²) >= 11 is 5.24. The third-order valence-corrected chi connectivity index (χ3v) is 3.25. The Bertz CT molecular complexity index is 547.